The summed E-state index contributed by atoms with van der Waals surface area (Å²) >= 11 is 0. The molecule has 2 saturated heterocycles. The molecule has 1 amide bonds. The van der Waals surface area contributed by atoms with Crippen LogP contribution in [0.5, 0.6) is 0 Å². The summed E-state index contributed by atoms with van der Waals surface area (Å²) in [4.78, 5) is 14.6. The third kappa shape index (κ3) is 4.71. The first-order chi connectivity index (χ1) is 11.7. The van der Waals surface area contributed by atoms with Gasteiger partial charge in [0.1, 0.15) is 0 Å². The van der Waals surface area contributed by atoms with Gasteiger partial charge in [0, 0.05) is 31.1 Å². The number of halogens is 4. The zero-order chi connectivity index (χ0) is 18.2. The summed E-state index contributed by atoms with van der Waals surface area (Å²) in [6, 6.07) is 6.50. The van der Waals surface area contributed by atoms with Crippen molar-refractivity contribution in [3.63, 3.8) is 0 Å². The van der Waals surface area contributed by atoms with Crippen LogP contribution in [0.1, 0.15) is 43.7 Å². The molecule has 2 aliphatic heterocycles. The molecule has 2 bridgehead atoms. The van der Waals surface area contributed by atoms with Crippen LogP contribution >= 0.6 is 12.4 Å². The molecule has 2 aliphatic rings. The van der Waals surface area contributed by atoms with Crippen LogP contribution in [0, 0.1) is 5.92 Å². The highest BCUT2D eigenvalue weighted by atomic mass is 35.5. The summed E-state index contributed by atoms with van der Waals surface area (Å²) < 4.78 is 38.5. The first-order valence-electron chi connectivity index (χ1n) is 8.93. The summed E-state index contributed by atoms with van der Waals surface area (Å²) in [5.41, 5.74) is -0.109. The summed E-state index contributed by atoms with van der Waals surface area (Å²) in [7, 11) is 1.83. The normalized spacial score (nSPS) is 26.1. The lowest BCUT2D eigenvalue weighted by molar-refractivity contribution is -0.137. The maximum absolute atomic E-state index is 12.8. The van der Waals surface area contributed by atoms with E-state index in [0.29, 0.717) is 24.1 Å². The van der Waals surface area contributed by atoms with E-state index in [1.165, 1.54) is 18.9 Å². The monoisotopic (exact) mass is 390 g/mol. The average Bonchev–Trinajstić information content (AvgIpc) is 2.91. The van der Waals surface area contributed by atoms with Gasteiger partial charge in [-0.3, -0.25) is 4.79 Å². The van der Waals surface area contributed by atoms with Crippen molar-refractivity contribution in [2.24, 2.45) is 5.92 Å². The molecule has 7 heteroatoms. The average molecular weight is 391 g/mol. The van der Waals surface area contributed by atoms with Crippen LogP contribution in [-0.2, 0) is 17.4 Å². The number of benzene rings is 1. The van der Waals surface area contributed by atoms with Crippen LogP contribution in [0.2, 0.25) is 0 Å². The van der Waals surface area contributed by atoms with Crippen LogP contribution in [0.25, 0.3) is 0 Å². The van der Waals surface area contributed by atoms with Crippen molar-refractivity contribution in [2.75, 3.05) is 7.05 Å². The van der Waals surface area contributed by atoms with E-state index < -0.39 is 11.7 Å². The standard InChI is InChI=1S/C19H25F3N2O.ClH/c1-12(8-13-4-3-5-14(9-13)19(20,21)22)18(25)24(2)17-10-15-6-7-16(11-17)23-15;/h3-5,9,12,15-17,23H,6-8,10-11H2,1-2H3;1H. The van der Waals surface area contributed by atoms with Crippen molar-refractivity contribution in [2.45, 2.75) is 63.3 Å². The summed E-state index contributed by atoms with van der Waals surface area (Å²) in [6.07, 6.45) is 0.245. The smallest absolute Gasteiger partial charge is 0.342 e. The van der Waals surface area contributed by atoms with E-state index in [1.54, 1.807) is 13.0 Å². The van der Waals surface area contributed by atoms with E-state index in [0.717, 1.165) is 25.0 Å². The van der Waals surface area contributed by atoms with Gasteiger partial charge in [-0.15, -0.1) is 12.4 Å². The number of hydrogen-bond acceptors (Lipinski definition) is 2. The molecule has 0 spiro atoms. The van der Waals surface area contributed by atoms with Crippen LogP contribution in [-0.4, -0.2) is 36.0 Å². The lowest BCUT2D eigenvalue weighted by Gasteiger charge is -2.36. The topological polar surface area (TPSA) is 32.3 Å². The molecule has 1 aromatic rings. The molecule has 2 fully saturated rings. The SMILES string of the molecule is CC(Cc1cccc(C(F)(F)F)c1)C(=O)N(C)C1CC2CCC(C1)N2.Cl. The Morgan fingerprint density at radius 2 is 1.88 bits per heavy atom. The second kappa shape index (κ2) is 8.17. The highest BCUT2D eigenvalue weighted by Crippen LogP contribution is 2.31. The fraction of sp³-hybridized carbons (Fsp3) is 0.632. The Morgan fingerprint density at radius 3 is 2.46 bits per heavy atom. The van der Waals surface area contributed by atoms with Gasteiger partial charge in [-0.1, -0.05) is 25.1 Å². The maximum Gasteiger partial charge on any atom is 0.416 e. The summed E-state index contributed by atoms with van der Waals surface area (Å²) in [5.74, 6) is -0.315. The Hall–Kier alpha value is -1.27. The van der Waals surface area contributed by atoms with E-state index in [4.69, 9.17) is 0 Å². The quantitative estimate of drug-likeness (QED) is 0.841. The van der Waals surface area contributed by atoms with Gasteiger partial charge in [-0.2, -0.15) is 13.2 Å². The molecule has 0 saturated carbocycles. The number of fused-ring (bicyclic) bond motifs is 2. The highest BCUT2D eigenvalue weighted by Gasteiger charge is 2.37. The van der Waals surface area contributed by atoms with E-state index in [9.17, 15) is 18.0 Å². The number of rotatable bonds is 4. The third-order valence-corrected chi connectivity index (χ3v) is 5.56. The Morgan fingerprint density at radius 1 is 1.27 bits per heavy atom. The number of nitrogens with zero attached hydrogens (tertiary/aromatic N) is 1. The highest BCUT2D eigenvalue weighted by molar-refractivity contribution is 5.85. The Bertz CT molecular complexity index is 625. The second-order valence-electron chi connectivity index (χ2n) is 7.52. The van der Waals surface area contributed by atoms with E-state index in [1.807, 2.05) is 11.9 Å². The number of carbonyl (C=O) groups excluding carboxylic acids is 1. The predicted molar refractivity (Wildman–Crippen MR) is 97.3 cm³/mol. The molecule has 3 unspecified atom stereocenters. The van der Waals surface area contributed by atoms with Crippen LogP contribution in [0.3, 0.4) is 0 Å². The summed E-state index contributed by atoms with van der Waals surface area (Å²) in [5, 5.41) is 3.56. The van der Waals surface area contributed by atoms with Gasteiger partial charge in [-0.25, -0.2) is 0 Å². The number of piperidine rings is 1. The maximum atomic E-state index is 12.8. The molecule has 3 atom stereocenters. The minimum atomic E-state index is -4.35. The summed E-state index contributed by atoms with van der Waals surface area (Å²) in [6.45, 7) is 1.80. The lowest BCUT2D eigenvalue weighted by atomic mass is 9.94. The minimum absolute atomic E-state index is 0. The number of nitrogens with one attached hydrogen (secondary N) is 1. The number of hydrogen-bond donors (Lipinski definition) is 1. The molecule has 2 heterocycles. The van der Waals surface area contributed by atoms with Crippen molar-refractivity contribution >= 4 is 18.3 Å². The predicted octanol–water partition coefficient (Wildman–Crippen LogP) is 4.05. The molecule has 3 nitrogen and oxygen atoms in total. The Labute approximate surface area is 158 Å². The molecule has 3 rings (SSSR count). The van der Waals surface area contributed by atoms with Crippen molar-refractivity contribution in [1.82, 2.24) is 10.2 Å². The van der Waals surface area contributed by atoms with Gasteiger partial charge in [0.25, 0.3) is 0 Å². The number of alkyl halides is 3. The third-order valence-electron chi connectivity index (χ3n) is 5.56. The first-order valence-corrected chi connectivity index (χ1v) is 8.93. The van der Waals surface area contributed by atoms with E-state index >= 15 is 0 Å². The van der Waals surface area contributed by atoms with Crippen LogP contribution in [0.4, 0.5) is 13.2 Å². The zero-order valence-electron chi connectivity index (χ0n) is 15.1. The zero-order valence-corrected chi connectivity index (χ0v) is 15.9. The fourth-order valence-corrected chi connectivity index (χ4v) is 4.19. The Kier molecular flexibility index (Phi) is 6.61. The second-order valence-corrected chi connectivity index (χ2v) is 7.52. The van der Waals surface area contributed by atoms with Gasteiger partial charge in [0.15, 0.2) is 0 Å². The molecule has 0 aliphatic carbocycles. The number of carbonyl (C=O) groups is 1. The van der Waals surface area contributed by atoms with Crippen molar-refractivity contribution in [3.8, 4) is 0 Å². The molecule has 0 aromatic heterocycles. The molecule has 1 aromatic carbocycles. The molecule has 146 valence electrons. The van der Waals surface area contributed by atoms with E-state index in [2.05, 4.69) is 5.32 Å². The molecule has 0 radical (unpaired) electrons. The van der Waals surface area contributed by atoms with Crippen molar-refractivity contribution < 1.29 is 18.0 Å². The molecule has 26 heavy (non-hydrogen) atoms. The van der Waals surface area contributed by atoms with Crippen molar-refractivity contribution in [1.29, 1.82) is 0 Å². The largest absolute Gasteiger partial charge is 0.416 e. The molecule has 1 N–H and O–H groups in total. The van der Waals surface area contributed by atoms with Gasteiger partial charge < -0.3 is 10.2 Å². The van der Waals surface area contributed by atoms with Gasteiger partial charge in [0.2, 0.25) is 5.91 Å². The molecular formula is C19H26ClF3N2O. The Balaban J connectivity index is 0.00000243. The van der Waals surface area contributed by atoms with Gasteiger partial charge in [-0.05, 0) is 43.7 Å². The number of amides is 1. The van der Waals surface area contributed by atoms with Crippen molar-refractivity contribution in [3.05, 3.63) is 35.4 Å². The molecular weight excluding hydrogens is 365 g/mol. The lowest BCUT2D eigenvalue weighted by Crippen LogP contribution is -2.50. The van der Waals surface area contributed by atoms with Crippen LogP contribution < -0.4 is 5.32 Å². The van der Waals surface area contributed by atoms with Gasteiger partial charge >= 0.3 is 6.18 Å². The fourth-order valence-electron chi connectivity index (χ4n) is 4.19. The van der Waals surface area contributed by atoms with Gasteiger partial charge in [0.05, 0.1) is 5.56 Å². The van der Waals surface area contributed by atoms with E-state index in [-0.39, 0.29) is 30.3 Å². The minimum Gasteiger partial charge on any atom is -0.342 e. The van der Waals surface area contributed by atoms with Crippen LogP contribution in [0.15, 0.2) is 24.3 Å². The first kappa shape index (κ1) is 21.0.